The molecule has 0 heterocycles. The fourth-order valence-electron chi connectivity index (χ4n) is 2.24. The lowest BCUT2D eigenvalue weighted by Gasteiger charge is -2.13. The minimum Gasteiger partial charge on any atom is -0.506 e. The van der Waals surface area contributed by atoms with E-state index in [1.165, 1.54) is 0 Å². The molecule has 0 atom stereocenters. The van der Waals surface area contributed by atoms with Crippen LogP contribution in [-0.4, -0.2) is 22.7 Å². The zero-order valence-corrected chi connectivity index (χ0v) is 17.9. The number of anilines is 1. The lowest BCUT2D eigenvalue weighted by molar-refractivity contribution is 0.0977. The number of nitrogens with one attached hydrogen (secondary N) is 2. The summed E-state index contributed by atoms with van der Waals surface area (Å²) >= 11 is 8.60. The van der Waals surface area contributed by atoms with Crippen molar-refractivity contribution in [3.8, 4) is 11.5 Å². The van der Waals surface area contributed by atoms with E-state index in [4.69, 9.17) is 17.0 Å². The minimum absolute atomic E-state index is 0.0582. The third-order valence-corrected chi connectivity index (χ3v) is 4.60. The third-order valence-electron chi connectivity index (χ3n) is 3.77. The van der Waals surface area contributed by atoms with Gasteiger partial charge < -0.3 is 15.2 Å². The van der Waals surface area contributed by atoms with Crippen molar-refractivity contribution in [2.24, 2.45) is 5.92 Å². The van der Waals surface area contributed by atoms with Crippen LogP contribution in [0.25, 0.3) is 0 Å². The number of hydrogen-bond acceptors (Lipinski definition) is 4. The van der Waals surface area contributed by atoms with Crippen molar-refractivity contribution >= 4 is 44.9 Å². The molecule has 144 valence electrons. The molecule has 0 radical (unpaired) electrons. The average molecular weight is 451 g/mol. The van der Waals surface area contributed by atoms with Gasteiger partial charge in [-0.2, -0.15) is 0 Å². The Hall–Kier alpha value is -2.12. The molecule has 1 amide bonds. The lowest BCUT2D eigenvalue weighted by atomic mass is 10.1. The van der Waals surface area contributed by atoms with Crippen molar-refractivity contribution in [2.45, 2.75) is 27.2 Å². The summed E-state index contributed by atoms with van der Waals surface area (Å²) in [7, 11) is 0. The van der Waals surface area contributed by atoms with Crippen LogP contribution in [0.15, 0.2) is 40.9 Å². The SMILES string of the molecule is Cc1ccc(O)c(NC(=S)NC(=O)c2ccc(OCCC(C)C)c(Br)c2)c1. The van der Waals surface area contributed by atoms with Crippen LogP contribution < -0.4 is 15.4 Å². The summed E-state index contributed by atoms with van der Waals surface area (Å²) in [6, 6.07) is 10.2. The van der Waals surface area contributed by atoms with Crippen LogP contribution in [0.5, 0.6) is 11.5 Å². The highest BCUT2D eigenvalue weighted by Crippen LogP contribution is 2.27. The van der Waals surface area contributed by atoms with E-state index >= 15 is 0 Å². The van der Waals surface area contributed by atoms with Crippen LogP contribution in [0.1, 0.15) is 36.2 Å². The number of ether oxygens (including phenoxy) is 1. The van der Waals surface area contributed by atoms with E-state index in [1.54, 1.807) is 36.4 Å². The van der Waals surface area contributed by atoms with E-state index in [-0.39, 0.29) is 16.8 Å². The highest BCUT2D eigenvalue weighted by molar-refractivity contribution is 9.10. The number of hydrogen-bond donors (Lipinski definition) is 3. The monoisotopic (exact) mass is 450 g/mol. The number of benzene rings is 2. The second-order valence-electron chi connectivity index (χ2n) is 6.61. The number of amides is 1. The first-order valence-electron chi connectivity index (χ1n) is 8.60. The van der Waals surface area contributed by atoms with Gasteiger partial charge in [-0.25, -0.2) is 0 Å². The number of aromatic hydroxyl groups is 1. The Balaban J connectivity index is 1.97. The zero-order chi connectivity index (χ0) is 20.0. The van der Waals surface area contributed by atoms with Gasteiger partial charge in [-0.3, -0.25) is 10.1 Å². The van der Waals surface area contributed by atoms with E-state index in [0.717, 1.165) is 12.0 Å². The molecule has 0 saturated carbocycles. The molecule has 0 spiro atoms. The summed E-state index contributed by atoms with van der Waals surface area (Å²) in [4.78, 5) is 12.4. The molecule has 0 fully saturated rings. The topological polar surface area (TPSA) is 70.6 Å². The van der Waals surface area contributed by atoms with Crippen molar-refractivity contribution < 1.29 is 14.6 Å². The lowest BCUT2D eigenvalue weighted by Crippen LogP contribution is -2.34. The largest absolute Gasteiger partial charge is 0.506 e. The van der Waals surface area contributed by atoms with Gasteiger partial charge in [-0.05, 0) is 83.3 Å². The van der Waals surface area contributed by atoms with Crippen molar-refractivity contribution in [3.63, 3.8) is 0 Å². The number of rotatable bonds is 6. The second-order valence-corrected chi connectivity index (χ2v) is 7.87. The number of aryl methyl sites for hydroxylation is 1. The maximum Gasteiger partial charge on any atom is 0.257 e. The molecule has 7 heteroatoms. The number of halogens is 1. The molecule has 2 rings (SSSR count). The van der Waals surface area contributed by atoms with E-state index in [9.17, 15) is 9.90 Å². The van der Waals surface area contributed by atoms with Crippen LogP contribution in [0.2, 0.25) is 0 Å². The van der Waals surface area contributed by atoms with Gasteiger partial charge in [0.05, 0.1) is 16.8 Å². The molecule has 0 bridgehead atoms. The summed E-state index contributed by atoms with van der Waals surface area (Å²) in [5.74, 6) is 0.963. The highest BCUT2D eigenvalue weighted by Gasteiger charge is 2.12. The maximum absolute atomic E-state index is 12.4. The Morgan fingerprint density at radius 1 is 1.26 bits per heavy atom. The molecule has 27 heavy (non-hydrogen) atoms. The van der Waals surface area contributed by atoms with Gasteiger partial charge in [-0.1, -0.05) is 19.9 Å². The first-order chi connectivity index (χ1) is 12.8. The molecule has 0 aliphatic rings. The maximum atomic E-state index is 12.4. The van der Waals surface area contributed by atoms with E-state index in [2.05, 4.69) is 40.4 Å². The van der Waals surface area contributed by atoms with Crippen molar-refractivity contribution in [2.75, 3.05) is 11.9 Å². The van der Waals surface area contributed by atoms with Crippen LogP contribution in [0.3, 0.4) is 0 Å². The molecule has 0 unspecified atom stereocenters. The first-order valence-corrected chi connectivity index (χ1v) is 9.80. The molecule has 0 saturated heterocycles. The number of carbonyl (C=O) groups is 1. The number of phenolic OH excluding ortho intramolecular Hbond substituents is 1. The fourth-order valence-corrected chi connectivity index (χ4v) is 2.94. The number of thiocarbonyl (C=S) groups is 1. The summed E-state index contributed by atoms with van der Waals surface area (Å²) < 4.78 is 6.43. The predicted molar refractivity (Wildman–Crippen MR) is 116 cm³/mol. The molecule has 0 aliphatic carbocycles. The van der Waals surface area contributed by atoms with Crippen molar-refractivity contribution in [1.29, 1.82) is 0 Å². The van der Waals surface area contributed by atoms with Gasteiger partial charge in [-0.15, -0.1) is 0 Å². The molecule has 0 aliphatic heterocycles. The van der Waals surface area contributed by atoms with Crippen LogP contribution in [-0.2, 0) is 0 Å². The minimum atomic E-state index is -0.353. The van der Waals surface area contributed by atoms with E-state index < -0.39 is 0 Å². The summed E-state index contributed by atoms with van der Waals surface area (Å²) in [6.07, 6.45) is 0.959. The van der Waals surface area contributed by atoms with Gasteiger partial charge in [0, 0.05) is 5.56 Å². The Labute approximate surface area is 173 Å². The Morgan fingerprint density at radius 3 is 2.67 bits per heavy atom. The molecular weight excluding hydrogens is 428 g/mol. The molecule has 3 N–H and O–H groups in total. The fraction of sp³-hybridized carbons (Fsp3) is 0.300. The molecular formula is C20H23BrN2O3S. The molecule has 2 aromatic carbocycles. The zero-order valence-electron chi connectivity index (χ0n) is 15.5. The van der Waals surface area contributed by atoms with Gasteiger partial charge >= 0.3 is 0 Å². The average Bonchev–Trinajstić information content (AvgIpc) is 2.59. The summed E-state index contributed by atoms with van der Waals surface area (Å²) in [6.45, 7) is 6.79. The standard InChI is InChI=1S/C20H23BrN2O3S/c1-12(2)8-9-26-18-7-5-14(11-15(18)21)19(25)23-20(27)22-16-10-13(3)4-6-17(16)24/h4-7,10-12,24H,8-9H2,1-3H3,(H2,22,23,25,27). The summed E-state index contributed by atoms with van der Waals surface area (Å²) in [5.41, 5.74) is 1.84. The van der Waals surface area contributed by atoms with Crippen molar-refractivity contribution in [1.82, 2.24) is 5.32 Å². The number of phenols is 1. The Bertz CT molecular complexity index is 840. The van der Waals surface area contributed by atoms with E-state index in [1.807, 2.05) is 6.92 Å². The molecule has 0 aromatic heterocycles. The van der Waals surface area contributed by atoms with Gasteiger partial charge in [0.2, 0.25) is 0 Å². The van der Waals surface area contributed by atoms with Gasteiger partial charge in [0.15, 0.2) is 5.11 Å². The Kier molecular flexibility index (Phi) is 7.62. The normalized spacial score (nSPS) is 10.6. The van der Waals surface area contributed by atoms with E-state index in [0.29, 0.717) is 34.0 Å². The third kappa shape index (κ3) is 6.52. The van der Waals surface area contributed by atoms with Gasteiger partial charge in [0.25, 0.3) is 5.91 Å². The quantitative estimate of drug-likeness (QED) is 0.425. The molecule has 2 aromatic rings. The van der Waals surface area contributed by atoms with Crippen LogP contribution in [0, 0.1) is 12.8 Å². The smallest absolute Gasteiger partial charge is 0.257 e. The Morgan fingerprint density at radius 2 is 2.00 bits per heavy atom. The number of carbonyl (C=O) groups excluding carboxylic acids is 1. The molecule has 5 nitrogen and oxygen atoms in total. The van der Waals surface area contributed by atoms with Crippen molar-refractivity contribution in [3.05, 3.63) is 52.0 Å². The predicted octanol–water partition coefficient (Wildman–Crippen LogP) is 5.01. The van der Waals surface area contributed by atoms with Crippen LogP contribution in [0.4, 0.5) is 5.69 Å². The summed E-state index contributed by atoms with van der Waals surface area (Å²) in [5, 5.41) is 15.4. The second kappa shape index (κ2) is 9.71. The van der Waals surface area contributed by atoms with Gasteiger partial charge in [0.1, 0.15) is 11.5 Å². The first kappa shape index (κ1) is 21.2. The van der Waals surface area contributed by atoms with Crippen LogP contribution >= 0.6 is 28.1 Å². The highest BCUT2D eigenvalue weighted by atomic mass is 79.9.